The monoisotopic (exact) mass is 391 g/mol. The van der Waals surface area contributed by atoms with Crippen molar-refractivity contribution in [3.63, 3.8) is 0 Å². The molecule has 0 atom stereocenters. The van der Waals surface area contributed by atoms with Crippen LogP contribution in [0.5, 0.6) is 0 Å². The highest BCUT2D eigenvalue weighted by atomic mass is 32.2. The fraction of sp³-hybridized carbons (Fsp3) is 0.733. The average Bonchev–Trinajstić information content (AvgIpc) is 3.18. The van der Waals surface area contributed by atoms with Gasteiger partial charge in [0.25, 0.3) is 16.1 Å². The number of alkyl halides is 2. The minimum Gasteiger partial charge on any atom is -0.336 e. The predicted molar refractivity (Wildman–Crippen MR) is 90.0 cm³/mol. The van der Waals surface area contributed by atoms with E-state index in [9.17, 15) is 22.0 Å². The fourth-order valence-electron chi connectivity index (χ4n) is 3.36. The number of hydrogen-bond donors (Lipinski definition) is 0. The molecule has 0 bridgehead atoms. The van der Waals surface area contributed by atoms with Crippen LogP contribution in [0.1, 0.15) is 42.0 Å². The molecule has 1 aromatic heterocycles. The zero-order chi connectivity index (χ0) is 18.9. The minimum absolute atomic E-state index is 0.0429. The quantitative estimate of drug-likeness (QED) is 0.769. The molecular formula is C15H23F2N5O3S. The summed E-state index contributed by atoms with van der Waals surface area (Å²) in [5, 5.41) is 3.68. The number of nitrogens with zero attached hydrogens (tertiary/aromatic N) is 5. The van der Waals surface area contributed by atoms with Gasteiger partial charge in [-0.15, -0.1) is 0 Å². The van der Waals surface area contributed by atoms with Gasteiger partial charge in [0.15, 0.2) is 5.69 Å². The molecule has 8 nitrogen and oxygen atoms in total. The summed E-state index contributed by atoms with van der Waals surface area (Å²) in [6.07, 6.45) is 2.22. The molecule has 2 saturated heterocycles. The van der Waals surface area contributed by atoms with Crippen LogP contribution in [-0.4, -0.2) is 76.9 Å². The first-order chi connectivity index (χ1) is 12.3. The molecular weight excluding hydrogens is 368 g/mol. The molecule has 0 spiro atoms. The van der Waals surface area contributed by atoms with Crippen molar-refractivity contribution in [2.24, 2.45) is 0 Å². The normalized spacial score (nSPS) is 20.7. The van der Waals surface area contributed by atoms with Gasteiger partial charge >= 0.3 is 6.55 Å². The number of halogens is 2. The van der Waals surface area contributed by atoms with Crippen LogP contribution in [0.4, 0.5) is 8.78 Å². The molecule has 0 aliphatic carbocycles. The van der Waals surface area contributed by atoms with E-state index in [-0.39, 0.29) is 24.5 Å². The number of carbonyl (C=O) groups is 1. The van der Waals surface area contributed by atoms with Crippen molar-refractivity contribution in [3.05, 3.63) is 17.5 Å². The highest BCUT2D eigenvalue weighted by Crippen LogP contribution is 2.19. The largest absolute Gasteiger partial charge is 0.336 e. The summed E-state index contributed by atoms with van der Waals surface area (Å²) in [5.74, 6) is -0.451. The zero-order valence-electron chi connectivity index (χ0n) is 14.6. The Kier molecular flexibility index (Phi) is 5.58. The van der Waals surface area contributed by atoms with Crippen molar-refractivity contribution in [1.82, 2.24) is 23.3 Å². The Balaban J connectivity index is 1.68. The second kappa shape index (κ2) is 7.57. The highest BCUT2D eigenvalue weighted by Gasteiger charge is 2.33. The third-order valence-corrected chi connectivity index (χ3v) is 6.82. The molecule has 2 aliphatic rings. The lowest BCUT2D eigenvalue weighted by atomic mass is 10.3. The van der Waals surface area contributed by atoms with Gasteiger partial charge in [0.1, 0.15) is 0 Å². The number of aryl methyl sites for hydroxylation is 1. The van der Waals surface area contributed by atoms with E-state index < -0.39 is 22.7 Å². The minimum atomic E-state index is -3.50. The first-order valence-corrected chi connectivity index (χ1v) is 10.1. The second-order valence-corrected chi connectivity index (χ2v) is 8.48. The van der Waals surface area contributed by atoms with E-state index in [1.807, 2.05) is 0 Å². The molecule has 0 saturated carbocycles. The summed E-state index contributed by atoms with van der Waals surface area (Å²) in [4.78, 5) is 14.1. The van der Waals surface area contributed by atoms with Crippen LogP contribution in [0.25, 0.3) is 0 Å². The first kappa shape index (κ1) is 19.2. The van der Waals surface area contributed by atoms with Crippen molar-refractivity contribution < 1.29 is 22.0 Å². The number of amides is 1. The van der Waals surface area contributed by atoms with Crippen LogP contribution in [-0.2, 0) is 10.2 Å². The van der Waals surface area contributed by atoms with Gasteiger partial charge in [0, 0.05) is 45.0 Å². The first-order valence-electron chi connectivity index (χ1n) is 8.69. The lowest BCUT2D eigenvalue weighted by Gasteiger charge is -2.26. The van der Waals surface area contributed by atoms with Crippen LogP contribution in [0.3, 0.4) is 0 Å². The van der Waals surface area contributed by atoms with E-state index in [1.165, 1.54) is 26.5 Å². The maximum Gasteiger partial charge on any atom is 0.333 e. The number of carbonyl (C=O) groups excluding carboxylic acids is 1. The van der Waals surface area contributed by atoms with E-state index in [0.29, 0.717) is 37.3 Å². The molecule has 3 rings (SSSR count). The second-order valence-electron chi connectivity index (χ2n) is 6.55. The number of rotatable bonds is 4. The van der Waals surface area contributed by atoms with E-state index in [1.54, 1.807) is 0 Å². The van der Waals surface area contributed by atoms with Gasteiger partial charge in [-0.2, -0.15) is 30.9 Å². The van der Waals surface area contributed by atoms with Crippen molar-refractivity contribution in [2.45, 2.75) is 32.7 Å². The van der Waals surface area contributed by atoms with Crippen molar-refractivity contribution in [1.29, 1.82) is 0 Å². The van der Waals surface area contributed by atoms with Gasteiger partial charge in [0.05, 0.1) is 0 Å². The number of aromatic nitrogens is 2. The molecule has 0 radical (unpaired) electrons. The topological polar surface area (TPSA) is 78.8 Å². The lowest BCUT2D eigenvalue weighted by molar-refractivity contribution is 0.0532. The van der Waals surface area contributed by atoms with E-state index >= 15 is 0 Å². The molecule has 0 unspecified atom stereocenters. The Morgan fingerprint density at radius 1 is 1.04 bits per heavy atom. The van der Waals surface area contributed by atoms with E-state index in [4.69, 9.17) is 0 Å². The molecule has 146 valence electrons. The fourth-order valence-corrected chi connectivity index (χ4v) is 5.08. The van der Waals surface area contributed by atoms with Crippen molar-refractivity contribution in [2.75, 3.05) is 39.3 Å². The number of hydrogen-bond acceptors (Lipinski definition) is 4. The summed E-state index contributed by atoms with van der Waals surface area (Å²) in [7, 11) is -3.50. The van der Waals surface area contributed by atoms with E-state index in [0.717, 1.165) is 12.8 Å². The molecule has 1 amide bonds. The predicted octanol–water partition coefficient (Wildman–Crippen LogP) is 1.08. The van der Waals surface area contributed by atoms with Gasteiger partial charge in [0.2, 0.25) is 0 Å². The molecule has 0 N–H and O–H groups in total. The van der Waals surface area contributed by atoms with Crippen molar-refractivity contribution in [3.8, 4) is 0 Å². The van der Waals surface area contributed by atoms with Gasteiger partial charge in [-0.25, -0.2) is 4.68 Å². The zero-order valence-corrected chi connectivity index (χ0v) is 15.5. The molecule has 26 heavy (non-hydrogen) atoms. The average molecular weight is 391 g/mol. The molecule has 0 aromatic carbocycles. The van der Waals surface area contributed by atoms with Gasteiger partial charge in [-0.1, -0.05) is 0 Å². The third kappa shape index (κ3) is 3.74. The molecule has 2 fully saturated rings. The summed E-state index contributed by atoms with van der Waals surface area (Å²) >= 11 is 0. The van der Waals surface area contributed by atoms with Crippen LogP contribution >= 0.6 is 0 Å². The maximum atomic E-state index is 12.8. The SMILES string of the molecule is Cc1cc(C(=O)N2CCCN(S(=O)(=O)N3CCCC3)CC2)nn1C(F)F. The Morgan fingerprint density at radius 2 is 1.65 bits per heavy atom. The smallest absolute Gasteiger partial charge is 0.333 e. The summed E-state index contributed by atoms with van der Waals surface area (Å²) < 4.78 is 54.4. The Labute approximate surface area is 151 Å². The van der Waals surface area contributed by atoms with Gasteiger partial charge in [-0.05, 0) is 32.3 Å². The Hall–Kier alpha value is -1.59. The van der Waals surface area contributed by atoms with Crippen LogP contribution in [0.15, 0.2) is 6.07 Å². The summed E-state index contributed by atoms with van der Waals surface area (Å²) in [5.41, 5.74) is 0.162. The van der Waals surface area contributed by atoms with Crippen LogP contribution in [0, 0.1) is 6.92 Å². The van der Waals surface area contributed by atoms with Crippen LogP contribution in [0.2, 0.25) is 0 Å². The Bertz CT molecular complexity index is 761. The molecule has 3 heterocycles. The summed E-state index contributed by atoms with van der Waals surface area (Å²) in [6, 6.07) is 1.33. The Morgan fingerprint density at radius 3 is 2.27 bits per heavy atom. The standard InChI is InChI=1S/C15H23F2N5O3S/c1-12-11-13(18-22(12)15(16)17)14(23)19-5-4-8-21(10-9-19)26(24,25)20-6-2-3-7-20/h11,15H,2-10H2,1H3. The van der Waals surface area contributed by atoms with Crippen LogP contribution < -0.4 is 0 Å². The van der Waals surface area contributed by atoms with Crippen molar-refractivity contribution >= 4 is 16.1 Å². The highest BCUT2D eigenvalue weighted by molar-refractivity contribution is 7.86. The molecule has 2 aliphatic heterocycles. The lowest BCUT2D eigenvalue weighted by Crippen LogP contribution is -2.44. The maximum absolute atomic E-state index is 12.8. The third-order valence-electron chi connectivity index (χ3n) is 4.79. The van der Waals surface area contributed by atoms with Gasteiger partial charge < -0.3 is 4.90 Å². The summed E-state index contributed by atoms with van der Waals surface area (Å²) in [6.45, 7) is 0.839. The molecule has 1 aromatic rings. The molecule has 11 heteroatoms. The van der Waals surface area contributed by atoms with E-state index in [2.05, 4.69) is 5.10 Å². The van der Waals surface area contributed by atoms with Gasteiger partial charge in [-0.3, -0.25) is 4.79 Å².